The van der Waals surface area contributed by atoms with Crippen molar-refractivity contribution in [1.82, 2.24) is 15.3 Å². The van der Waals surface area contributed by atoms with Crippen molar-refractivity contribution < 1.29 is 18.6 Å². The third kappa shape index (κ3) is 4.07. The van der Waals surface area contributed by atoms with Crippen LogP contribution < -0.4 is 10.1 Å². The van der Waals surface area contributed by atoms with Crippen molar-refractivity contribution in [3.8, 4) is 17.0 Å². The summed E-state index contributed by atoms with van der Waals surface area (Å²) in [5.74, 6) is 1.32. The van der Waals surface area contributed by atoms with Crippen molar-refractivity contribution in [1.29, 1.82) is 0 Å². The van der Waals surface area contributed by atoms with Gasteiger partial charge in [0.25, 0.3) is 5.91 Å². The Morgan fingerprint density at radius 2 is 1.82 bits per heavy atom. The molecule has 0 saturated carbocycles. The lowest BCUT2D eigenvalue weighted by atomic mass is 10.1. The van der Waals surface area contributed by atoms with Gasteiger partial charge in [-0.15, -0.1) is 0 Å². The van der Waals surface area contributed by atoms with E-state index in [1.165, 1.54) is 0 Å². The van der Waals surface area contributed by atoms with Gasteiger partial charge in [-0.2, -0.15) is 4.98 Å². The SMILES string of the molecule is Cc1nc(COc2ccc(NC(=O)c3cc(-c4ccccc4)no3)cc2)no1. The fourth-order valence-corrected chi connectivity index (χ4v) is 2.50. The number of carbonyl (C=O) groups is 1. The molecule has 28 heavy (non-hydrogen) atoms. The summed E-state index contributed by atoms with van der Waals surface area (Å²) in [7, 11) is 0. The minimum Gasteiger partial charge on any atom is -0.485 e. The second-order valence-electron chi connectivity index (χ2n) is 5.94. The van der Waals surface area contributed by atoms with Gasteiger partial charge in [0.1, 0.15) is 11.4 Å². The van der Waals surface area contributed by atoms with Gasteiger partial charge in [-0.05, 0) is 24.3 Å². The van der Waals surface area contributed by atoms with E-state index in [1.807, 2.05) is 30.3 Å². The fraction of sp³-hybridized carbons (Fsp3) is 0.100. The van der Waals surface area contributed by atoms with Gasteiger partial charge in [-0.1, -0.05) is 40.6 Å². The van der Waals surface area contributed by atoms with Crippen LogP contribution in [0.25, 0.3) is 11.3 Å². The van der Waals surface area contributed by atoms with Gasteiger partial charge < -0.3 is 19.1 Å². The molecular weight excluding hydrogens is 360 g/mol. The summed E-state index contributed by atoms with van der Waals surface area (Å²) in [6, 6.07) is 18.0. The second-order valence-corrected chi connectivity index (χ2v) is 5.94. The van der Waals surface area contributed by atoms with Crippen LogP contribution in [0.4, 0.5) is 5.69 Å². The molecule has 8 nitrogen and oxygen atoms in total. The molecule has 8 heteroatoms. The summed E-state index contributed by atoms with van der Waals surface area (Å²) in [5, 5.41) is 10.5. The van der Waals surface area contributed by atoms with E-state index < -0.39 is 0 Å². The van der Waals surface area contributed by atoms with Gasteiger partial charge in [-0.25, -0.2) is 0 Å². The zero-order chi connectivity index (χ0) is 19.3. The monoisotopic (exact) mass is 376 g/mol. The summed E-state index contributed by atoms with van der Waals surface area (Å²) < 4.78 is 15.6. The van der Waals surface area contributed by atoms with E-state index in [4.69, 9.17) is 13.8 Å². The van der Waals surface area contributed by atoms with Crippen LogP contribution in [0.15, 0.2) is 69.7 Å². The van der Waals surface area contributed by atoms with Crippen molar-refractivity contribution in [3.63, 3.8) is 0 Å². The molecule has 0 radical (unpaired) electrons. The number of nitrogens with one attached hydrogen (secondary N) is 1. The fourth-order valence-electron chi connectivity index (χ4n) is 2.50. The van der Waals surface area contributed by atoms with Crippen LogP contribution in [0, 0.1) is 6.92 Å². The third-order valence-corrected chi connectivity index (χ3v) is 3.85. The average molecular weight is 376 g/mol. The molecular formula is C20H16N4O4. The van der Waals surface area contributed by atoms with E-state index in [9.17, 15) is 4.79 Å². The predicted molar refractivity (Wildman–Crippen MR) is 99.7 cm³/mol. The normalized spacial score (nSPS) is 10.6. The molecule has 0 saturated heterocycles. The Kier molecular flexibility index (Phi) is 4.83. The number of nitrogens with zero attached hydrogens (tertiary/aromatic N) is 3. The van der Waals surface area contributed by atoms with Gasteiger partial charge in [0.2, 0.25) is 17.5 Å². The number of rotatable bonds is 6. The van der Waals surface area contributed by atoms with E-state index in [0.717, 1.165) is 5.56 Å². The first-order valence-electron chi connectivity index (χ1n) is 8.53. The molecule has 2 heterocycles. The molecule has 0 spiro atoms. The zero-order valence-electron chi connectivity index (χ0n) is 15.0. The van der Waals surface area contributed by atoms with Crippen LogP contribution in [0.3, 0.4) is 0 Å². The van der Waals surface area contributed by atoms with E-state index in [1.54, 1.807) is 37.3 Å². The maximum atomic E-state index is 12.4. The van der Waals surface area contributed by atoms with E-state index >= 15 is 0 Å². The lowest BCUT2D eigenvalue weighted by molar-refractivity contribution is 0.0988. The number of aryl methyl sites for hydroxylation is 1. The van der Waals surface area contributed by atoms with E-state index in [-0.39, 0.29) is 18.3 Å². The molecule has 0 aliphatic heterocycles. The standard InChI is InChI=1S/C20H16N4O4/c1-13-21-19(24-27-13)12-26-16-9-7-15(8-10-16)22-20(25)18-11-17(23-28-18)14-5-3-2-4-6-14/h2-11H,12H2,1H3,(H,22,25). The first-order chi connectivity index (χ1) is 13.7. The summed E-state index contributed by atoms with van der Waals surface area (Å²) in [4.78, 5) is 16.4. The highest BCUT2D eigenvalue weighted by atomic mass is 16.5. The minimum absolute atomic E-state index is 0.131. The highest BCUT2D eigenvalue weighted by molar-refractivity contribution is 6.02. The van der Waals surface area contributed by atoms with Crippen LogP contribution in [0.2, 0.25) is 0 Å². The number of benzene rings is 2. The molecule has 0 bridgehead atoms. The zero-order valence-corrected chi connectivity index (χ0v) is 15.0. The first-order valence-corrected chi connectivity index (χ1v) is 8.53. The summed E-state index contributed by atoms with van der Waals surface area (Å²) >= 11 is 0. The maximum absolute atomic E-state index is 12.4. The highest BCUT2D eigenvalue weighted by Crippen LogP contribution is 2.20. The Labute approximate surface area is 160 Å². The minimum atomic E-state index is -0.384. The van der Waals surface area contributed by atoms with E-state index in [0.29, 0.717) is 28.8 Å². The maximum Gasteiger partial charge on any atom is 0.294 e. The van der Waals surface area contributed by atoms with Gasteiger partial charge in [0.15, 0.2) is 6.61 Å². The van der Waals surface area contributed by atoms with Crippen molar-refractivity contribution in [2.45, 2.75) is 13.5 Å². The largest absolute Gasteiger partial charge is 0.485 e. The molecule has 1 N–H and O–H groups in total. The molecule has 0 aliphatic rings. The van der Waals surface area contributed by atoms with E-state index in [2.05, 4.69) is 20.6 Å². The van der Waals surface area contributed by atoms with Crippen molar-refractivity contribution in [2.75, 3.05) is 5.32 Å². The molecule has 4 rings (SSSR count). The molecule has 140 valence electrons. The molecule has 4 aromatic rings. The number of carbonyl (C=O) groups excluding carboxylic acids is 1. The lowest BCUT2D eigenvalue weighted by Crippen LogP contribution is -2.10. The van der Waals surface area contributed by atoms with Crippen LogP contribution >= 0.6 is 0 Å². The second kappa shape index (κ2) is 7.75. The van der Waals surface area contributed by atoms with Gasteiger partial charge in [0.05, 0.1) is 0 Å². The van der Waals surface area contributed by atoms with Gasteiger partial charge in [-0.3, -0.25) is 4.79 Å². The van der Waals surface area contributed by atoms with Crippen LogP contribution in [-0.2, 0) is 6.61 Å². The lowest BCUT2D eigenvalue weighted by Gasteiger charge is -2.06. The van der Waals surface area contributed by atoms with Crippen LogP contribution in [0.1, 0.15) is 22.3 Å². The average Bonchev–Trinajstić information content (AvgIpc) is 3.37. The number of hydrogen-bond acceptors (Lipinski definition) is 7. The Balaban J connectivity index is 1.36. The number of amides is 1. The third-order valence-electron chi connectivity index (χ3n) is 3.85. The Bertz CT molecular complexity index is 1070. The van der Waals surface area contributed by atoms with Gasteiger partial charge >= 0.3 is 0 Å². The molecule has 0 unspecified atom stereocenters. The topological polar surface area (TPSA) is 103 Å². The highest BCUT2D eigenvalue weighted by Gasteiger charge is 2.14. The van der Waals surface area contributed by atoms with Crippen molar-refractivity contribution in [2.24, 2.45) is 0 Å². The quantitative estimate of drug-likeness (QED) is 0.545. The molecule has 2 aromatic carbocycles. The van der Waals surface area contributed by atoms with Crippen LogP contribution in [-0.4, -0.2) is 21.2 Å². The van der Waals surface area contributed by atoms with Gasteiger partial charge in [0, 0.05) is 24.2 Å². The van der Waals surface area contributed by atoms with Crippen LogP contribution in [0.5, 0.6) is 5.75 Å². The molecule has 0 fully saturated rings. The van der Waals surface area contributed by atoms with Crippen molar-refractivity contribution >= 4 is 11.6 Å². The number of anilines is 1. The number of aromatic nitrogens is 3. The number of ether oxygens (including phenoxy) is 1. The Morgan fingerprint density at radius 1 is 1.04 bits per heavy atom. The molecule has 0 atom stereocenters. The molecule has 1 amide bonds. The summed E-state index contributed by atoms with van der Waals surface area (Å²) in [5.41, 5.74) is 2.08. The Morgan fingerprint density at radius 3 is 2.54 bits per heavy atom. The summed E-state index contributed by atoms with van der Waals surface area (Å²) in [6.45, 7) is 1.91. The van der Waals surface area contributed by atoms with Crippen molar-refractivity contribution in [3.05, 3.63) is 78.1 Å². The molecule has 2 aromatic heterocycles. The number of hydrogen-bond donors (Lipinski definition) is 1. The predicted octanol–water partition coefficient (Wildman–Crippen LogP) is 3.86. The first kappa shape index (κ1) is 17.5. The molecule has 0 aliphatic carbocycles. The smallest absolute Gasteiger partial charge is 0.294 e. The summed E-state index contributed by atoms with van der Waals surface area (Å²) in [6.07, 6.45) is 0. The Hall–Kier alpha value is -3.94.